The molecule has 1 aliphatic carbocycles. The van der Waals surface area contributed by atoms with Crippen LogP contribution in [-0.2, 0) is 5.41 Å². The Balaban J connectivity index is 1.98. The number of fused-ring (bicyclic) bond motifs is 1. The maximum absolute atomic E-state index is 11.3. The molecule has 1 fully saturated rings. The van der Waals surface area contributed by atoms with Crippen LogP contribution < -0.4 is 0 Å². The van der Waals surface area contributed by atoms with Crippen molar-refractivity contribution in [2.24, 2.45) is 0 Å². The Morgan fingerprint density at radius 3 is 2.67 bits per heavy atom. The number of nitrogens with zero attached hydrogens (tertiary/aromatic N) is 2. The standard InChI is InChI=1S/C18H17ClN2O3/c1-18(2,3)17-20-14-11(19)7-6-10(16(14)23-17)15-13(9-4-5-9)12(8-22)21-24-15/h6-9H,4-5H2,1-3H3. The van der Waals surface area contributed by atoms with Gasteiger partial charge in [0.2, 0.25) is 5.89 Å². The van der Waals surface area contributed by atoms with Gasteiger partial charge >= 0.3 is 0 Å². The Bertz CT molecular complexity index is 945. The normalized spacial score (nSPS) is 15.2. The Morgan fingerprint density at radius 1 is 1.29 bits per heavy atom. The molecule has 1 aromatic carbocycles. The molecule has 4 rings (SSSR count). The van der Waals surface area contributed by atoms with Crippen molar-refractivity contribution in [2.45, 2.75) is 44.9 Å². The van der Waals surface area contributed by atoms with Gasteiger partial charge in [-0.25, -0.2) is 4.98 Å². The Hall–Kier alpha value is -2.14. The van der Waals surface area contributed by atoms with Gasteiger partial charge in [0.05, 0.1) is 10.6 Å². The van der Waals surface area contributed by atoms with Crippen LogP contribution in [0.15, 0.2) is 21.1 Å². The molecule has 0 unspecified atom stereocenters. The number of hydrogen-bond acceptors (Lipinski definition) is 5. The number of aromatic nitrogens is 2. The first-order valence-corrected chi connectivity index (χ1v) is 8.32. The SMILES string of the molecule is CC(C)(C)c1nc2c(Cl)ccc(-c3onc(C=O)c3C3CC3)c2o1. The third kappa shape index (κ3) is 2.35. The maximum atomic E-state index is 11.3. The first-order chi connectivity index (χ1) is 11.4. The molecule has 124 valence electrons. The minimum Gasteiger partial charge on any atom is -0.439 e. The summed E-state index contributed by atoms with van der Waals surface area (Å²) in [4.78, 5) is 15.8. The van der Waals surface area contributed by atoms with Crippen LogP contribution in [0.3, 0.4) is 0 Å². The summed E-state index contributed by atoms with van der Waals surface area (Å²) in [5.74, 6) is 1.51. The molecule has 0 amide bonds. The van der Waals surface area contributed by atoms with E-state index in [2.05, 4.69) is 10.1 Å². The van der Waals surface area contributed by atoms with Crippen molar-refractivity contribution in [3.8, 4) is 11.3 Å². The lowest BCUT2D eigenvalue weighted by Gasteiger charge is -2.11. The first-order valence-electron chi connectivity index (χ1n) is 7.94. The van der Waals surface area contributed by atoms with Crippen molar-refractivity contribution in [3.63, 3.8) is 0 Å². The first kappa shape index (κ1) is 15.4. The van der Waals surface area contributed by atoms with Gasteiger partial charge in [-0.3, -0.25) is 4.79 Å². The van der Waals surface area contributed by atoms with E-state index in [1.165, 1.54) is 0 Å². The van der Waals surface area contributed by atoms with E-state index in [0.29, 0.717) is 39.4 Å². The van der Waals surface area contributed by atoms with Crippen molar-refractivity contribution < 1.29 is 13.7 Å². The minimum atomic E-state index is -0.242. The molecule has 0 bridgehead atoms. The summed E-state index contributed by atoms with van der Waals surface area (Å²) in [7, 11) is 0. The molecule has 5 nitrogen and oxygen atoms in total. The number of carbonyl (C=O) groups excluding carboxylic acids is 1. The molecule has 24 heavy (non-hydrogen) atoms. The predicted octanol–water partition coefficient (Wildman–Crippen LogP) is 5.12. The zero-order chi connectivity index (χ0) is 17.1. The van der Waals surface area contributed by atoms with Gasteiger partial charge in [0, 0.05) is 11.0 Å². The van der Waals surface area contributed by atoms with E-state index < -0.39 is 0 Å². The molecule has 0 saturated heterocycles. The van der Waals surface area contributed by atoms with Gasteiger partial charge in [-0.05, 0) is 30.9 Å². The van der Waals surface area contributed by atoms with Crippen molar-refractivity contribution in [1.82, 2.24) is 10.1 Å². The monoisotopic (exact) mass is 344 g/mol. The van der Waals surface area contributed by atoms with E-state index in [-0.39, 0.29) is 5.41 Å². The summed E-state index contributed by atoms with van der Waals surface area (Å²) in [5, 5.41) is 4.44. The zero-order valence-electron chi connectivity index (χ0n) is 13.7. The van der Waals surface area contributed by atoms with E-state index in [0.717, 1.165) is 30.3 Å². The van der Waals surface area contributed by atoms with Crippen LogP contribution in [0.1, 0.15) is 61.5 Å². The van der Waals surface area contributed by atoms with Crippen LogP contribution >= 0.6 is 11.6 Å². The molecule has 0 aliphatic heterocycles. The molecule has 1 aliphatic rings. The van der Waals surface area contributed by atoms with Crippen LogP contribution in [0.5, 0.6) is 0 Å². The fourth-order valence-electron chi connectivity index (χ4n) is 2.83. The lowest BCUT2D eigenvalue weighted by Crippen LogP contribution is -2.10. The number of oxazole rings is 1. The van der Waals surface area contributed by atoms with E-state index in [9.17, 15) is 4.79 Å². The van der Waals surface area contributed by atoms with Crippen LogP contribution in [-0.4, -0.2) is 16.4 Å². The summed E-state index contributed by atoms with van der Waals surface area (Å²) in [6.45, 7) is 6.08. The number of halogens is 1. The zero-order valence-corrected chi connectivity index (χ0v) is 14.5. The number of rotatable bonds is 3. The highest BCUT2D eigenvalue weighted by atomic mass is 35.5. The number of benzene rings is 1. The molecular weight excluding hydrogens is 328 g/mol. The van der Waals surface area contributed by atoms with Gasteiger partial charge in [0.25, 0.3) is 0 Å². The maximum Gasteiger partial charge on any atom is 0.200 e. The van der Waals surface area contributed by atoms with E-state index in [4.69, 9.17) is 20.5 Å². The van der Waals surface area contributed by atoms with Crippen molar-refractivity contribution >= 4 is 29.0 Å². The van der Waals surface area contributed by atoms with Crippen LogP contribution in [0, 0.1) is 0 Å². The van der Waals surface area contributed by atoms with E-state index >= 15 is 0 Å². The van der Waals surface area contributed by atoms with Gasteiger partial charge in [0.1, 0.15) is 11.2 Å². The Morgan fingerprint density at radius 2 is 2.04 bits per heavy atom. The molecule has 3 aromatic rings. The van der Waals surface area contributed by atoms with Gasteiger partial charge < -0.3 is 8.94 Å². The largest absolute Gasteiger partial charge is 0.439 e. The molecule has 6 heteroatoms. The fraction of sp³-hybridized carbons (Fsp3) is 0.389. The Kier molecular flexibility index (Phi) is 3.32. The lowest BCUT2D eigenvalue weighted by atomic mass is 9.97. The minimum absolute atomic E-state index is 0.242. The van der Waals surface area contributed by atoms with Crippen LogP contribution in [0.4, 0.5) is 0 Å². The predicted molar refractivity (Wildman–Crippen MR) is 90.6 cm³/mol. The highest BCUT2D eigenvalue weighted by Gasteiger charge is 2.34. The third-order valence-corrected chi connectivity index (χ3v) is 4.54. The van der Waals surface area contributed by atoms with Gasteiger partial charge in [-0.2, -0.15) is 0 Å². The summed E-state index contributed by atoms with van der Waals surface area (Å²) in [6, 6.07) is 3.61. The molecule has 1 saturated carbocycles. The highest BCUT2D eigenvalue weighted by Crippen LogP contribution is 2.47. The topological polar surface area (TPSA) is 69.1 Å². The van der Waals surface area contributed by atoms with Crippen molar-refractivity contribution in [1.29, 1.82) is 0 Å². The molecule has 0 spiro atoms. The highest BCUT2D eigenvalue weighted by molar-refractivity contribution is 6.35. The number of hydrogen-bond donors (Lipinski definition) is 0. The fourth-order valence-corrected chi connectivity index (χ4v) is 3.02. The second kappa shape index (κ2) is 5.18. The second-order valence-electron chi connectivity index (χ2n) is 7.24. The number of carbonyl (C=O) groups is 1. The molecule has 0 atom stereocenters. The number of aldehydes is 1. The van der Waals surface area contributed by atoms with Gasteiger partial charge in [0.15, 0.2) is 17.6 Å². The summed E-state index contributed by atoms with van der Waals surface area (Å²) < 4.78 is 11.5. The van der Waals surface area contributed by atoms with Gasteiger partial charge in [-0.1, -0.05) is 37.5 Å². The van der Waals surface area contributed by atoms with Crippen molar-refractivity contribution in [2.75, 3.05) is 0 Å². The second-order valence-corrected chi connectivity index (χ2v) is 7.65. The van der Waals surface area contributed by atoms with Crippen molar-refractivity contribution in [3.05, 3.63) is 34.3 Å². The molecule has 2 aromatic heterocycles. The molecule has 0 radical (unpaired) electrons. The average Bonchev–Trinajstić information content (AvgIpc) is 3.10. The average molecular weight is 345 g/mol. The quantitative estimate of drug-likeness (QED) is 0.616. The molecular formula is C18H17ClN2O3. The summed E-state index contributed by atoms with van der Waals surface area (Å²) in [5.41, 5.74) is 2.90. The Labute approximate surface area is 144 Å². The molecule has 2 heterocycles. The van der Waals surface area contributed by atoms with E-state index in [1.807, 2.05) is 26.8 Å². The summed E-state index contributed by atoms with van der Waals surface area (Å²) in [6.07, 6.45) is 2.82. The lowest BCUT2D eigenvalue weighted by molar-refractivity contribution is 0.111. The van der Waals surface area contributed by atoms with Crippen LogP contribution in [0.2, 0.25) is 5.02 Å². The molecule has 0 N–H and O–H groups in total. The smallest absolute Gasteiger partial charge is 0.200 e. The third-order valence-electron chi connectivity index (χ3n) is 4.23. The van der Waals surface area contributed by atoms with Gasteiger partial charge in [-0.15, -0.1) is 0 Å². The van der Waals surface area contributed by atoms with Crippen LogP contribution in [0.25, 0.3) is 22.4 Å². The van der Waals surface area contributed by atoms with E-state index in [1.54, 1.807) is 6.07 Å². The summed E-state index contributed by atoms with van der Waals surface area (Å²) >= 11 is 6.30.